The van der Waals surface area contributed by atoms with Crippen molar-refractivity contribution >= 4 is 0 Å². The Kier molecular flexibility index (Phi) is 8.50. The fourth-order valence-corrected chi connectivity index (χ4v) is 3.83. The Hall–Kier alpha value is -2.14. The van der Waals surface area contributed by atoms with Crippen LogP contribution in [0.1, 0.15) is 63.0 Å². The van der Waals surface area contributed by atoms with Gasteiger partial charge in [-0.25, -0.2) is 4.39 Å². The summed E-state index contributed by atoms with van der Waals surface area (Å²) in [5.41, 5.74) is 1.69. The average molecular weight is 419 g/mol. The van der Waals surface area contributed by atoms with E-state index in [0.29, 0.717) is 25.4 Å². The van der Waals surface area contributed by atoms with Crippen molar-refractivity contribution < 1.29 is 23.0 Å². The molecule has 0 bridgehead atoms. The van der Waals surface area contributed by atoms with Gasteiger partial charge in [0.05, 0.1) is 19.3 Å². The number of halogens is 2. The van der Waals surface area contributed by atoms with Crippen molar-refractivity contribution in [3.05, 3.63) is 59.2 Å². The third-order valence-corrected chi connectivity index (χ3v) is 5.61. The molecule has 0 spiro atoms. The topological polar surface area (TPSA) is 27.7 Å². The van der Waals surface area contributed by atoms with Gasteiger partial charge in [-0.15, -0.1) is 0 Å². The standard InChI is InChI=1S/C25H32F2O3/c1-3-5-6-7-18-8-11-20(12-9-18)30-17-21-13-10-19(16-29-21)22-14-15-23(28-4-2)25(27)24(22)26/h8-9,11-12,14-15,19,21H,3-7,10,13,16-17H2,1-2H3. The van der Waals surface area contributed by atoms with Crippen LogP contribution in [0.15, 0.2) is 36.4 Å². The molecule has 2 unspecified atom stereocenters. The van der Waals surface area contributed by atoms with Crippen LogP contribution in [-0.2, 0) is 11.2 Å². The molecule has 0 saturated carbocycles. The summed E-state index contributed by atoms with van der Waals surface area (Å²) in [5.74, 6) is -1.12. The zero-order chi connectivity index (χ0) is 21.3. The molecule has 1 aliphatic rings. The SMILES string of the molecule is CCCCCc1ccc(OCC2CCC(c3ccc(OCC)c(F)c3F)CO2)cc1. The number of ether oxygens (including phenoxy) is 3. The van der Waals surface area contributed by atoms with Crippen LogP contribution in [0.5, 0.6) is 11.5 Å². The van der Waals surface area contributed by atoms with Crippen molar-refractivity contribution in [3.63, 3.8) is 0 Å². The second-order valence-corrected chi connectivity index (χ2v) is 7.86. The maximum Gasteiger partial charge on any atom is 0.200 e. The molecule has 2 aromatic rings. The van der Waals surface area contributed by atoms with E-state index in [1.54, 1.807) is 13.0 Å². The molecule has 1 saturated heterocycles. The number of benzene rings is 2. The van der Waals surface area contributed by atoms with E-state index in [2.05, 4.69) is 19.1 Å². The molecule has 3 rings (SSSR count). The minimum atomic E-state index is -0.919. The molecule has 1 fully saturated rings. The van der Waals surface area contributed by atoms with E-state index < -0.39 is 11.6 Å². The third kappa shape index (κ3) is 5.94. The molecule has 1 heterocycles. The van der Waals surface area contributed by atoms with E-state index in [9.17, 15) is 8.78 Å². The van der Waals surface area contributed by atoms with E-state index in [-0.39, 0.29) is 17.8 Å². The molecule has 0 N–H and O–H groups in total. The van der Waals surface area contributed by atoms with Gasteiger partial charge in [0.2, 0.25) is 5.82 Å². The normalized spacial score (nSPS) is 18.9. The van der Waals surface area contributed by atoms with Gasteiger partial charge in [0.1, 0.15) is 12.4 Å². The van der Waals surface area contributed by atoms with Crippen LogP contribution in [-0.4, -0.2) is 25.9 Å². The quantitative estimate of drug-likeness (QED) is 0.416. The minimum Gasteiger partial charge on any atom is -0.491 e. The van der Waals surface area contributed by atoms with Crippen LogP contribution in [0, 0.1) is 11.6 Å². The molecule has 30 heavy (non-hydrogen) atoms. The zero-order valence-corrected chi connectivity index (χ0v) is 18.0. The molecule has 0 amide bonds. The molecule has 2 atom stereocenters. The Morgan fingerprint density at radius 2 is 1.73 bits per heavy atom. The lowest BCUT2D eigenvalue weighted by Gasteiger charge is -2.29. The summed E-state index contributed by atoms with van der Waals surface area (Å²) in [6, 6.07) is 11.3. The molecular weight excluding hydrogens is 386 g/mol. The number of rotatable bonds is 10. The van der Waals surface area contributed by atoms with Crippen molar-refractivity contribution in [2.45, 2.75) is 64.4 Å². The molecule has 1 aliphatic heterocycles. The molecule has 164 valence electrons. The lowest BCUT2D eigenvalue weighted by molar-refractivity contribution is -0.0218. The Labute approximate surface area is 178 Å². The highest BCUT2D eigenvalue weighted by Gasteiger charge is 2.27. The second kappa shape index (κ2) is 11.3. The number of aryl methyl sites for hydroxylation is 1. The highest BCUT2D eigenvalue weighted by atomic mass is 19.2. The lowest BCUT2D eigenvalue weighted by atomic mass is 9.91. The largest absolute Gasteiger partial charge is 0.491 e. The minimum absolute atomic E-state index is 0.0407. The predicted octanol–water partition coefficient (Wildman–Crippen LogP) is 6.44. The molecule has 0 radical (unpaired) electrons. The van der Waals surface area contributed by atoms with Gasteiger partial charge in [-0.2, -0.15) is 4.39 Å². The van der Waals surface area contributed by atoms with Crippen LogP contribution in [0.3, 0.4) is 0 Å². The van der Waals surface area contributed by atoms with Crippen molar-refractivity contribution in [2.24, 2.45) is 0 Å². The van der Waals surface area contributed by atoms with Gasteiger partial charge in [-0.1, -0.05) is 38.0 Å². The van der Waals surface area contributed by atoms with E-state index in [4.69, 9.17) is 14.2 Å². The summed E-state index contributed by atoms with van der Waals surface area (Å²) >= 11 is 0. The summed E-state index contributed by atoms with van der Waals surface area (Å²) in [5, 5.41) is 0. The molecule has 5 heteroatoms. The fourth-order valence-electron chi connectivity index (χ4n) is 3.83. The Balaban J connectivity index is 1.46. The van der Waals surface area contributed by atoms with E-state index >= 15 is 0 Å². The number of hydrogen-bond donors (Lipinski definition) is 0. The van der Waals surface area contributed by atoms with Crippen LogP contribution in [0.4, 0.5) is 8.78 Å². The van der Waals surface area contributed by atoms with Crippen molar-refractivity contribution in [2.75, 3.05) is 19.8 Å². The van der Waals surface area contributed by atoms with Gasteiger partial charge >= 0.3 is 0 Å². The van der Waals surface area contributed by atoms with Crippen molar-refractivity contribution in [1.82, 2.24) is 0 Å². The van der Waals surface area contributed by atoms with Gasteiger partial charge < -0.3 is 14.2 Å². The highest BCUT2D eigenvalue weighted by Crippen LogP contribution is 2.33. The zero-order valence-electron chi connectivity index (χ0n) is 18.0. The van der Waals surface area contributed by atoms with E-state index in [0.717, 1.165) is 25.0 Å². The number of unbranched alkanes of at least 4 members (excludes halogenated alkanes) is 2. The number of hydrogen-bond acceptors (Lipinski definition) is 3. The van der Waals surface area contributed by atoms with Crippen LogP contribution in [0.25, 0.3) is 0 Å². The molecule has 3 nitrogen and oxygen atoms in total. The van der Waals surface area contributed by atoms with Crippen LogP contribution >= 0.6 is 0 Å². The summed E-state index contributed by atoms with van der Waals surface area (Å²) in [6.07, 6.45) is 6.23. The predicted molar refractivity (Wildman–Crippen MR) is 114 cm³/mol. The summed E-state index contributed by atoms with van der Waals surface area (Å²) < 4.78 is 45.5. The summed E-state index contributed by atoms with van der Waals surface area (Å²) in [4.78, 5) is 0. The van der Waals surface area contributed by atoms with Crippen LogP contribution in [0.2, 0.25) is 0 Å². The summed E-state index contributed by atoms with van der Waals surface area (Å²) in [7, 11) is 0. The maximum absolute atomic E-state index is 14.4. The Bertz CT molecular complexity index is 784. The average Bonchev–Trinajstić information content (AvgIpc) is 2.77. The highest BCUT2D eigenvalue weighted by molar-refractivity contribution is 5.33. The summed E-state index contributed by atoms with van der Waals surface area (Å²) in [6.45, 7) is 5.06. The smallest absolute Gasteiger partial charge is 0.200 e. The Morgan fingerprint density at radius 3 is 2.40 bits per heavy atom. The molecule has 2 aromatic carbocycles. The van der Waals surface area contributed by atoms with Gasteiger partial charge in [-0.05, 0) is 61.9 Å². The van der Waals surface area contributed by atoms with E-state index in [1.165, 1.54) is 30.9 Å². The Morgan fingerprint density at radius 1 is 0.933 bits per heavy atom. The van der Waals surface area contributed by atoms with Gasteiger partial charge in [0, 0.05) is 5.92 Å². The first-order chi connectivity index (χ1) is 14.6. The molecule has 0 aromatic heterocycles. The van der Waals surface area contributed by atoms with Gasteiger partial charge in [0.15, 0.2) is 11.6 Å². The van der Waals surface area contributed by atoms with Gasteiger partial charge in [0.25, 0.3) is 0 Å². The van der Waals surface area contributed by atoms with E-state index in [1.807, 2.05) is 12.1 Å². The van der Waals surface area contributed by atoms with Crippen molar-refractivity contribution in [3.8, 4) is 11.5 Å². The third-order valence-electron chi connectivity index (χ3n) is 5.61. The first-order valence-electron chi connectivity index (χ1n) is 11.1. The maximum atomic E-state index is 14.4. The first-order valence-corrected chi connectivity index (χ1v) is 11.1. The second-order valence-electron chi connectivity index (χ2n) is 7.86. The molecular formula is C25H32F2O3. The molecule has 0 aliphatic carbocycles. The monoisotopic (exact) mass is 418 g/mol. The lowest BCUT2D eigenvalue weighted by Crippen LogP contribution is -2.30. The first kappa shape index (κ1) is 22.5. The van der Waals surface area contributed by atoms with Crippen molar-refractivity contribution in [1.29, 1.82) is 0 Å². The fraction of sp³-hybridized carbons (Fsp3) is 0.520. The van der Waals surface area contributed by atoms with Crippen LogP contribution < -0.4 is 9.47 Å². The van der Waals surface area contributed by atoms with Gasteiger partial charge in [-0.3, -0.25) is 0 Å².